The number of likely N-dealkylation sites (N-methyl/N-ethyl adjacent to an activating group) is 1. The van der Waals surface area contributed by atoms with Crippen LogP contribution in [0.25, 0.3) is 0 Å². The lowest BCUT2D eigenvalue weighted by molar-refractivity contribution is -0.139. The number of halogens is 1. The van der Waals surface area contributed by atoms with Gasteiger partial charge in [0.05, 0.1) is 0 Å². The van der Waals surface area contributed by atoms with Gasteiger partial charge in [-0.2, -0.15) is 0 Å². The Kier molecular flexibility index (Phi) is 7.56. The summed E-state index contributed by atoms with van der Waals surface area (Å²) >= 11 is 0. The highest BCUT2D eigenvalue weighted by molar-refractivity contribution is 5.85. The summed E-state index contributed by atoms with van der Waals surface area (Å²) in [4.78, 5) is 14.5. The van der Waals surface area contributed by atoms with Crippen LogP contribution >= 0.6 is 12.4 Å². The molecule has 1 fully saturated rings. The lowest BCUT2D eigenvalue weighted by Crippen LogP contribution is -2.50. The van der Waals surface area contributed by atoms with Crippen LogP contribution in [-0.4, -0.2) is 43.1 Å². The van der Waals surface area contributed by atoms with Crippen molar-refractivity contribution in [2.24, 2.45) is 0 Å². The molecule has 1 aliphatic rings. The highest BCUT2D eigenvalue weighted by Crippen LogP contribution is 2.26. The van der Waals surface area contributed by atoms with Gasteiger partial charge in [0.1, 0.15) is 5.75 Å². The van der Waals surface area contributed by atoms with E-state index < -0.39 is 6.10 Å². The van der Waals surface area contributed by atoms with E-state index in [1.807, 2.05) is 37.1 Å². The molecule has 1 N–H and O–H groups in total. The fourth-order valence-corrected chi connectivity index (χ4v) is 2.96. The van der Waals surface area contributed by atoms with E-state index in [9.17, 15) is 4.79 Å². The normalized spacial score (nSPS) is 19.4. The Morgan fingerprint density at radius 2 is 2.08 bits per heavy atom. The molecule has 0 bridgehead atoms. The van der Waals surface area contributed by atoms with Crippen LogP contribution in [0, 0.1) is 0 Å². The highest BCUT2D eigenvalue weighted by Gasteiger charge is 2.27. The molecular weight excluding hydrogens is 324 g/mol. The van der Waals surface area contributed by atoms with Gasteiger partial charge >= 0.3 is 0 Å². The standard InChI is InChI=1S/C19H30N2O2.ClH/c1-14(18(22)21-11-7-9-16(13-21)20-5)23-17-10-6-8-15(12-17)19(2,3)4;/h6,8,10,12,14,16,20H,7,9,11,13H2,1-5H3;1H. The van der Waals surface area contributed by atoms with Gasteiger partial charge in [0, 0.05) is 19.1 Å². The first-order chi connectivity index (χ1) is 10.8. The number of nitrogens with zero attached hydrogens (tertiary/aromatic N) is 1. The van der Waals surface area contributed by atoms with E-state index in [2.05, 4.69) is 32.2 Å². The molecule has 24 heavy (non-hydrogen) atoms. The minimum atomic E-state index is -0.458. The molecule has 4 nitrogen and oxygen atoms in total. The first-order valence-electron chi connectivity index (χ1n) is 8.54. The summed E-state index contributed by atoms with van der Waals surface area (Å²) in [6, 6.07) is 8.44. The fraction of sp³-hybridized carbons (Fsp3) is 0.632. The van der Waals surface area contributed by atoms with E-state index in [-0.39, 0.29) is 23.7 Å². The molecule has 0 aromatic heterocycles. The molecule has 5 heteroatoms. The molecule has 1 saturated heterocycles. The predicted molar refractivity (Wildman–Crippen MR) is 101 cm³/mol. The molecule has 1 aliphatic heterocycles. The zero-order chi connectivity index (χ0) is 17.0. The summed E-state index contributed by atoms with van der Waals surface area (Å²) in [5, 5.41) is 3.27. The number of carbonyl (C=O) groups is 1. The third kappa shape index (κ3) is 5.38. The molecule has 0 spiro atoms. The van der Waals surface area contributed by atoms with Crippen LogP contribution in [0.1, 0.15) is 46.1 Å². The lowest BCUT2D eigenvalue weighted by atomic mass is 9.87. The van der Waals surface area contributed by atoms with Gasteiger partial charge < -0.3 is 15.0 Å². The maximum absolute atomic E-state index is 12.6. The summed E-state index contributed by atoms with van der Waals surface area (Å²) in [5.41, 5.74) is 1.28. The molecule has 2 unspecified atom stereocenters. The van der Waals surface area contributed by atoms with Crippen LogP contribution in [-0.2, 0) is 10.2 Å². The Balaban J connectivity index is 0.00000288. The summed E-state index contributed by atoms with van der Waals surface area (Å²) in [6.45, 7) is 9.96. The number of carbonyl (C=O) groups excluding carboxylic acids is 1. The summed E-state index contributed by atoms with van der Waals surface area (Å²) in [7, 11) is 1.95. The zero-order valence-corrected chi connectivity index (χ0v) is 16.3. The van der Waals surface area contributed by atoms with Crippen LogP contribution in [0.5, 0.6) is 5.75 Å². The van der Waals surface area contributed by atoms with Crippen molar-refractivity contribution in [3.8, 4) is 5.75 Å². The van der Waals surface area contributed by atoms with Crippen LogP contribution in [0.3, 0.4) is 0 Å². The molecule has 1 heterocycles. The monoisotopic (exact) mass is 354 g/mol. The van der Waals surface area contributed by atoms with E-state index in [0.29, 0.717) is 6.04 Å². The number of ether oxygens (including phenoxy) is 1. The SMILES string of the molecule is CNC1CCCN(C(=O)C(C)Oc2cccc(C(C)(C)C)c2)C1.Cl. The van der Waals surface area contributed by atoms with Crippen LogP contribution in [0.15, 0.2) is 24.3 Å². The molecule has 2 rings (SSSR count). The van der Waals surface area contributed by atoms with Crippen molar-refractivity contribution in [3.05, 3.63) is 29.8 Å². The summed E-state index contributed by atoms with van der Waals surface area (Å²) < 4.78 is 5.92. The Labute approximate surface area is 152 Å². The van der Waals surface area contributed by atoms with Gasteiger partial charge in [-0.1, -0.05) is 32.9 Å². The van der Waals surface area contributed by atoms with Crippen molar-refractivity contribution >= 4 is 18.3 Å². The van der Waals surface area contributed by atoms with Crippen LogP contribution in [0.2, 0.25) is 0 Å². The van der Waals surface area contributed by atoms with Gasteiger partial charge in [0.2, 0.25) is 0 Å². The second-order valence-electron chi connectivity index (χ2n) is 7.45. The van der Waals surface area contributed by atoms with E-state index in [1.54, 1.807) is 0 Å². The minimum Gasteiger partial charge on any atom is -0.481 e. The van der Waals surface area contributed by atoms with Crippen LogP contribution in [0.4, 0.5) is 0 Å². The van der Waals surface area contributed by atoms with Gasteiger partial charge in [-0.25, -0.2) is 0 Å². The number of nitrogens with one attached hydrogen (secondary N) is 1. The third-order valence-electron chi connectivity index (χ3n) is 4.50. The van der Waals surface area contributed by atoms with Crippen molar-refractivity contribution in [3.63, 3.8) is 0 Å². The van der Waals surface area contributed by atoms with E-state index in [0.717, 1.165) is 31.7 Å². The molecule has 0 saturated carbocycles. The average Bonchev–Trinajstić information content (AvgIpc) is 2.53. The highest BCUT2D eigenvalue weighted by atomic mass is 35.5. The van der Waals surface area contributed by atoms with Crippen LogP contribution < -0.4 is 10.1 Å². The smallest absolute Gasteiger partial charge is 0.263 e. The fourth-order valence-electron chi connectivity index (χ4n) is 2.96. The summed E-state index contributed by atoms with van der Waals surface area (Å²) in [5.74, 6) is 0.839. The number of benzene rings is 1. The zero-order valence-electron chi connectivity index (χ0n) is 15.5. The largest absolute Gasteiger partial charge is 0.481 e. The molecule has 0 aliphatic carbocycles. The van der Waals surface area contributed by atoms with Crippen molar-refractivity contribution in [1.29, 1.82) is 0 Å². The van der Waals surface area contributed by atoms with Gasteiger partial charge in [0.25, 0.3) is 5.91 Å². The maximum Gasteiger partial charge on any atom is 0.263 e. The lowest BCUT2D eigenvalue weighted by Gasteiger charge is -2.34. The molecule has 1 aromatic rings. The number of amides is 1. The van der Waals surface area contributed by atoms with Gasteiger partial charge in [-0.3, -0.25) is 4.79 Å². The van der Waals surface area contributed by atoms with E-state index in [1.165, 1.54) is 5.56 Å². The first kappa shape index (κ1) is 20.8. The van der Waals surface area contributed by atoms with Crippen molar-refractivity contribution in [2.75, 3.05) is 20.1 Å². The van der Waals surface area contributed by atoms with Crippen molar-refractivity contribution in [1.82, 2.24) is 10.2 Å². The molecule has 0 radical (unpaired) electrons. The molecular formula is C19H31ClN2O2. The molecule has 136 valence electrons. The van der Waals surface area contributed by atoms with Gasteiger partial charge in [-0.05, 0) is 49.9 Å². The topological polar surface area (TPSA) is 41.6 Å². The second kappa shape index (κ2) is 8.72. The summed E-state index contributed by atoms with van der Waals surface area (Å²) in [6.07, 6.45) is 1.72. The molecule has 2 atom stereocenters. The molecule has 1 amide bonds. The minimum absolute atomic E-state index is 0. The molecule has 1 aromatic carbocycles. The number of likely N-dealkylation sites (tertiary alicyclic amines) is 1. The maximum atomic E-state index is 12.6. The first-order valence-corrected chi connectivity index (χ1v) is 8.54. The van der Waals surface area contributed by atoms with Gasteiger partial charge in [0.15, 0.2) is 6.10 Å². The average molecular weight is 355 g/mol. The predicted octanol–water partition coefficient (Wildman–Crippen LogP) is 3.38. The number of piperidine rings is 1. The Bertz CT molecular complexity index is 542. The van der Waals surface area contributed by atoms with E-state index >= 15 is 0 Å². The number of rotatable bonds is 4. The third-order valence-corrected chi connectivity index (χ3v) is 4.50. The number of hydrogen-bond acceptors (Lipinski definition) is 3. The van der Waals surface area contributed by atoms with Crippen molar-refractivity contribution in [2.45, 2.75) is 58.1 Å². The van der Waals surface area contributed by atoms with E-state index in [4.69, 9.17) is 4.74 Å². The van der Waals surface area contributed by atoms with Crippen molar-refractivity contribution < 1.29 is 9.53 Å². The Morgan fingerprint density at radius 1 is 1.38 bits per heavy atom. The quantitative estimate of drug-likeness (QED) is 0.901. The second-order valence-corrected chi connectivity index (χ2v) is 7.45. The number of hydrogen-bond donors (Lipinski definition) is 1. The Morgan fingerprint density at radius 3 is 2.71 bits per heavy atom. The Hall–Kier alpha value is -1.26. The van der Waals surface area contributed by atoms with Gasteiger partial charge in [-0.15, -0.1) is 12.4 Å².